The Morgan fingerprint density at radius 3 is 1.70 bits per heavy atom. The van der Waals surface area contributed by atoms with Gasteiger partial charge in [-0.3, -0.25) is 9.59 Å². The SMILES string of the molecule is COC(=O)C1=CN2C=CC3(C#N)C(C4C(C#N)=CC3N3C=C(C(=O)OC)C5(OC43)C(=O)N(Cc3ccccc3)c3ccccc35)C2OC12C(=O)N(Cc1ccccc1)c1ccccc12. The second-order valence-electron chi connectivity index (χ2n) is 16.7. The highest BCUT2D eigenvalue weighted by molar-refractivity contribution is 6.15. The van der Waals surface area contributed by atoms with Gasteiger partial charge < -0.3 is 38.5 Å². The molecule has 8 unspecified atom stereocenters. The maximum Gasteiger partial charge on any atom is 0.339 e. The minimum atomic E-state index is -2.04. The van der Waals surface area contributed by atoms with E-state index in [1.807, 2.05) is 60.7 Å². The molecule has 7 heterocycles. The molecule has 316 valence electrons. The minimum absolute atomic E-state index is 0.0720. The molecule has 8 aliphatic rings. The molecule has 1 fully saturated rings. The molecule has 14 nitrogen and oxygen atoms in total. The maximum atomic E-state index is 15.3. The van der Waals surface area contributed by atoms with Crippen molar-refractivity contribution in [3.8, 4) is 12.1 Å². The molecular weight excluding hydrogens is 813 g/mol. The molecular formula is C50H38N6O8. The lowest BCUT2D eigenvalue weighted by atomic mass is 9.54. The Labute approximate surface area is 367 Å². The first-order valence-electron chi connectivity index (χ1n) is 20.8. The number of carbonyl (C=O) groups excluding carboxylic acids is 4. The Balaban J connectivity index is 1.08. The van der Waals surface area contributed by atoms with Crippen LogP contribution in [0.15, 0.2) is 157 Å². The average molecular weight is 851 g/mol. The molecule has 4 aromatic carbocycles. The van der Waals surface area contributed by atoms with Gasteiger partial charge in [-0.05, 0) is 35.4 Å². The van der Waals surface area contributed by atoms with Crippen LogP contribution in [0, 0.1) is 39.9 Å². The second-order valence-corrected chi connectivity index (χ2v) is 16.7. The summed E-state index contributed by atoms with van der Waals surface area (Å²) in [6, 6.07) is 37.1. The van der Waals surface area contributed by atoms with Crippen LogP contribution in [-0.2, 0) is 62.4 Å². The number of piperidine rings is 1. The van der Waals surface area contributed by atoms with E-state index in [0.717, 1.165) is 11.1 Å². The van der Waals surface area contributed by atoms with E-state index in [-0.39, 0.29) is 29.8 Å². The Morgan fingerprint density at radius 2 is 1.19 bits per heavy atom. The van der Waals surface area contributed by atoms with Crippen molar-refractivity contribution >= 4 is 35.1 Å². The molecule has 0 N–H and O–H groups in total. The number of benzene rings is 4. The quantitative estimate of drug-likeness (QED) is 0.227. The van der Waals surface area contributed by atoms with Gasteiger partial charge in [-0.1, -0.05) is 97.1 Å². The lowest BCUT2D eigenvalue weighted by Crippen LogP contribution is -2.73. The zero-order valence-corrected chi connectivity index (χ0v) is 34.5. The van der Waals surface area contributed by atoms with Gasteiger partial charge in [0.15, 0.2) is 0 Å². The number of nitrogens with zero attached hydrogens (tertiary/aromatic N) is 6. The molecule has 4 aromatic rings. The number of hydrogen-bond donors (Lipinski definition) is 0. The van der Waals surface area contributed by atoms with Crippen molar-refractivity contribution in [2.24, 2.45) is 17.3 Å². The zero-order valence-electron chi connectivity index (χ0n) is 34.5. The Morgan fingerprint density at radius 1 is 0.688 bits per heavy atom. The molecule has 0 aromatic heterocycles. The number of amides is 2. The largest absolute Gasteiger partial charge is 0.466 e. The van der Waals surface area contributed by atoms with E-state index >= 15 is 9.59 Å². The molecule has 1 saturated heterocycles. The number of nitriles is 2. The van der Waals surface area contributed by atoms with Crippen LogP contribution in [0.2, 0.25) is 0 Å². The lowest BCUT2D eigenvalue weighted by molar-refractivity contribution is -0.253. The molecule has 7 aliphatic heterocycles. The summed E-state index contributed by atoms with van der Waals surface area (Å²) in [6.45, 7) is 0.338. The third kappa shape index (κ3) is 5.00. The van der Waals surface area contributed by atoms with E-state index in [0.29, 0.717) is 22.5 Å². The van der Waals surface area contributed by atoms with Gasteiger partial charge >= 0.3 is 11.9 Å². The van der Waals surface area contributed by atoms with Crippen LogP contribution >= 0.6 is 0 Å². The first kappa shape index (κ1) is 39.1. The standard InChI is InChI=1S/C50H38N6O8/c1-61-44(57)35-27-53-22-21-48(29-52)39-23-32(24-51)40(41(48)43(53)64-49(35)33-17-9-11-19-37(33)54(46(49)59)25-30-13-5-3-6-14-30)42-56(39)28-36(45(58)62-2)50(63-42)34-18-10-12-20-38(34)55(47(50)60)26-31-15-7-4-8-16-31/h3-23,27-28,39-43H,25-26H2,1-2H3. The summed E-state index contributed by atoms with van der Waals surface area (Å²) in [5.41, 5.74) is -1.84. The first-order chi connectivity index (χ1) is 31.2. The molecule has 12 rings (SSSR count). The van der Waals surface area contributed by atoms with Gasteiger partial charge in [0.25, 0.3) is 11.8 Å². The van der Waals surface area contributed by atoms with E-state index in [9.17, 15) is 20.1 Å². The summed E-state index contributed by atoms with van der Waals surface area (Å²) in [4.78, 5) is 65.2. The van der Waals surface area contributed by atoms with Gasteiger partial charge in [0.05, 0.1) is 68.0 Å². The van der Waals surface area contributed by atoms with E-state index in [2.05, 4.69) is 12.1 Å². The number of methoxy groups -OCH3 is 2. The molecule has 1 aliphatic carbocycles. The average Bonchev–Trinajstić information content (AvgIpc) is 3.70. The van der Waals surface area contributed by atoms with Crippen LogP contribution in [-0.4, -0.2) is 66.3 Å². The molecule has 64 heavy (non-hydrogen) atoms. The Kier molecular flexibility index (Phi) is 8.63. The number of fused-ring (bicyclic) bond motifs is 5. The van der Waals surface area contributed by atoms with Crippen molar-refractivity contribution in [2.45, 2.75) is 42.8 Å². The Hall–Kier alpha value is -7.78. The summed E-state index contributed by atoms with van der Waals surface area (Å²) < 4.78 is 25.2. The third-order valence-corrected chi connectivity index (χ3v) is 13.8. The van der Waals surface area contributed by atoms with Gasteiger partial charge in [-0.25, -0.2) is 9.59 Å². The predicted octanol–water partition coefficient (Wildman–Crippen LogP) is 5.42. The van der Waals surface area contributed by atoms with Crippen molar-refractivity contribution < 1.29 is 38.1 Å². The van der Waals surface area contributed by atoms with Gasteiger partial charge in [0, 0.05) is 47.1 Å². The number of para-hydroxylation sites is 2. The zero-order chi connectivity index (χ0) is 44.1. The van der Waals surface area contributed by atoms with Gasteiger partial charge in [0.1, 0.15) is 17.9 Å². The fourth-order valence-corrected chi connectivity index (χ4v) is 11.1. The number of carbonyl (C=O) groups is 4. The minimum Gasteiger partial charge on any atom is -0.466 e. The highest BCUT2D eigenvalue weighted by atomic mass is 16.6. The second kappa shape index (κ2) is 14.1. The first-order valence-corrected chi connectivity index (χ1v) is 20.8. The summed E-state index contributed by atoms with van der Waals surface area (Å²) in [7, 11) is 2.46. The predicted molar refractivity (Wildman–Crippen MR) is 227 cm³/mol. The third-order valence-electron chi connectivity index (χ3n) is 13.8. The number of hydrogen-bond acceptors (Lipinski definition) is 12. The molecule has 2 bridgehead atoms. The summed E-state index contributed by atoms with van der Waals surface area (Å²) in [5.74, 6) is -4.62. The molecule has 0 saturated carbocycles. The van der Waals surface area contributed by atoms with Gasteiger partial charge in [-0.2, -0.15) is 10.5 Å². The van der Waals surface area contributed by atoms with Crippen LogP contribution in [0.25, 0.3) is 0 Å². The van der Waals surface area contributed by atoms with Crippen LogP contribution in [0.1, 0.15) is 22.3 Å². The fourth-order valence-electron chi connectivity index (χ4n) is 11.1. The van der Waals surface area contributed by atoms with Crippen molar-refractivity contribution in [2.75, 3.05) is 24.0 Å². The summed E-state index contributed by atoms with van der Waals surface area (Å²) in [5, 5.41) is 22.4. The maximum absolute atomic E-state index is 15.3. The molecule has 14 heteroatoms. The summed E-state index contributed by atoms with van der Waals surface area (Å²) >= 11 is 0. The van der Waals surface area contributed by atoms with E-state index < -0.39 is 70.7 Å². The number of ether oxygens (including phenoxy) is 4. The fraction of sp³-hybridized carbons (Fsp3) is 0.240. The van der Waals surface area contributed by atoms with Crippen LogP contribution in [0.4, 0.5) is 11.4 Å². The van der Waals surface area contributed by atoms with E-state index in [1.54, 1.807) is 92.7 Å². The number of anilines is 2. The van der Waals surface area contributed by atoms with Crippen molar-refractivity contribution in [3.63, 3.8) is 0 Å². The smallest absolute Gasteiger partial charge is 0.339 e. The van der Waals surface area contributed by atoms with Crippen LogP contribution in [0.3, 0.4) is 0 Å². The molecule has 0 radical (unpaired) electrons. The van der Waals surface area contributed by atoms with Crippen molar-refractivity contribution in [1.82, 2.24) is 9.80 Å². The van der Waals surface area contributed by atoms with Gasteiger partial charge in [0.2, 0.25) is 11.2 Å². The monoisotopic (exact) mass is 850 g/mol. The highest BCUT2D eigenvalue weighted by Gasteiger charge is 2.72. The normalized spacial score (nSPS) is 30.0. The molecule has 2 amide bonds. The lowest BCUT2D eigenvalue weighted by Gasteiger charge is -2.64. The molecule has 2 spiro atoms. The number of rotatable bonds is 6. The number of esters is 2. The van der Waals surface area contributed by atoms with Crippen molar-refractivity contribution in [1.29, 1.82) is 10.5 Å². The Bertz CT molecular complexity index is 2920. The van der Waals surface area contributed by atoms with E-state index in [4.69, 9.17) is 18.9 Å². The van der Waals surface area contributed by atoms with Crippen LogP contribution in [0.5, 0.6) is 0 Å². The summed E-state index contributed by atoms with van der Waals surface area (Å²) in [6.07, 6.45) is 5.84. The topological polar surface area (TPSA) is 166 Å². The van der Waals surface area contributed by atoms with Crippen LogP contribution < -0.4 is 9.80 Å². The van der Waals surface area contributed by atoms with Gasteiger partial charge in [-0.15, -0.1) is 0 Å². The molecule has 8 atom stereocenters. The van der Waals surface area contributed by atoms with E-state index in [1.165, 1.54) is 20.4 Å². The highest BCUT2D eigenvalue weighted by Crippen LogP contribution is 2.64. The van der Waals surface area contributed by atoms with Crippen molar-refractivity contribution in [3.05, 3.63) is 179 Å².